The van der Waals surface area contributed by atoms with E-state index in [1.54, 1.807) is 21.9 Å². The van der Waals surface area contributed by atoms with Gasteiger partial charge in [0, 0.05) is 39.1 Å². The Hall–Kier alpha value is -2.11. The molecule has 0 bridgehead atoms. The monoisotopic (exact) mass is 349 g/mol. The molecule has 1 aliphatic rings. The SMILES string of the molecule is CC(C)CCNC(=O)N1CCN(C(=O)CCc2ccc(F)cc2)CC1. The summed E-state index contributed by atoms with van der Waals surface area (Å²) in [6, 6.07) is 6.20. The van der Waals surface area contributed by atoms with Gasteiger partial charge in [-0.15, -0.1) is 0 Å². The zero-order valence-electron chi connectivity index (χ0n) is 15.1. The van der Waals surface area contributed by atoms with Gasteiger partial charge in [-0.3, -0.25) is 4.79 Å². The molecule has 0 spiro atoms. The molecule has 1 N–H and O–H groups in total. The molecule has 1 aromatic rings. The quantitative estimate of drug-likeness (QED) is 0.858. The summed E-state index contributed by atoms with van der Waals surface area (Å²) in [5.41, 5.74) is 0.956. The first kappa shape index (κ1) is 19.2. The highest BCUT2D eigenvalue weighted by Crippen LogP contribution is 2.09. The molecule has 1 aliphatic heterocycles. The Labute approximate surface area is 149 Å². The van der Waals surface area contributed by atoms with E-state index >= 15 is 0 Å². The van der Waals surface area contributed by atoms with Crippen LogP contribution in [0.1, 0.15) is 32.3 Å². The fraction of sp³-hybridized carbons (Fsp3) is 0.579. The minimum Gasteiger partial charge on any atom is -0.339 e. The summed E-state index contributed by atoms with van der Waals surface area (Å²) in [4.78, 5) is 27.9. The molecule has 25 heavy (non-hydrogen) atoms. The lowest BCUT2D eigenvalue weighted by molar-refractivity contribution is -0.132. The van der Waals surface area contributed by atoms with E-state index in [-0.39, 0.29) is 17.8 Å². The fourth-order valence-corrected chi connectivity index (χ4v) is 2.80. The van der Waals surface area contributed by atoms with Gasteiger partial charge in [0.25, 0.3) is 0 Å². The Kier molecular flexibility index (Phi) is 7.22. The van der Waals surface area contributed by atoms with E-state index in [0.717, 1.165) is 12.0 Å². The summed E-state index contributed by atoms with van der Waals surface area (Å²) in [5, 5.41) is 2.93. The first-order chi connectivity index (χ1) is 12.0. The second kappa shape index (κ2) is 9.39. The van der Waals surface area contributed by atoms with E-state index in [2.05, 4.69) is 19.2 Å². The van der Waals surface area contributed by atoms with Crippen molar-refractivity contribution in [1.82, 2.24) is 15.1 Å². The highest BCUT2D eigenvalue weighted by Gasteiger charge is 2.23. The molecule has 5 nitrogen and oxygen atoms in total. The number of amides is 3. The lowest BCUT2D eigenvalue weighted by Gasteiger charge is -2.34. The van der Waals surface area contributed by atoms with Gasteiger partial charge in [-0.2, -0.15) is 0 Å². The highest BCUT2D eigenvalue weighted by atomic mass is 19.1. The van der Waals surface area contributed by atoms with Crippen molar-refractivity contribution >= 4 is 11.9 Å². The smallest absolute Gasteiger partial charge is 0.317 e. The van der Waals surface area contributed by atoms with Crippen molar-refractivity contribution < 1.29 is 14.0 Å². The van der Waals surface area contributed by atoms with Gasteiger partial charge in [0.2, 0.25) is 5.91 Å². The molecule has 0 saturated carbocycles. The summed E-state index contributed by atoms with van der Waals surface area (Å²) < 4.78 is 12.9. The van der Waals surface area contributed by atoms with Crippen molar-refractivity contribution in [3.63, 3.8) is 0 Å². The van der Waals surface area contributed by atoms with E-state index < -0.39 is 0 Å². The lowest BCUT2D eigenvalue weighted by Crippen LogP contribution is -2.53. The molecular formula is C19H28FN3O2. The van der Waals surface area contributed by atoms with Crippen LogP contribution in [0.2, 0.25) is 0 Å². The van der Waals surface area contributed by atoms with Gasteiger partial charge < -0.3 is 15.1 Å². The largest absolute Gasteiger partial charge is 0.339 e. The van der Waals surface area contributed by atoms with Gasteiger partial charge in [0.15, 0.2) is 0 Å². The van der Waals surface area contributed by atoms with Crippen LogP contribution in [0, 0.1) is 11.7 Å². The first-order valence-electron chi connectivity index (χ1n) is 9.00. The standard InChI is InChI=1S/C19H28FN3O2/c1-15(2)9-10-21-19(25)23-13-11-22(12-14-23)18(24)8-5-16-3-6-17(20)7-4-16/h3-4,6-7,15H,5,8-14H2,1-2H3,(H,21,25). The van der Waals surface area contributed by atoms with Crippen LogP contribution in [0.4, 0.5) is 9.18 Å². The highest BCUT2D eigenvalue weighted by molar-refractivity contribution is 5.78. The van der Waals surface area contributed by atoms with E-state index in [9.17, 15) is 14.0 Å². The molecule has 138 valence electrons. The average molecular weight is 349 g/mol. The third-order valence-corrected chi connectivity index (χ3v) is 4.46. The maximum atomic E-state index is 12.9. The third-order valence-electron chi connectivity index (χ3n) is 4.46. The Morgan fingerprint density at radius 1 is 1.08 bits per heavy atom. The van der Waals surface area contributed by atoms with Crippen LogP contribution in [0.25, 0.3) is 0 Å². The number of halogens is 1. The number of carbonyl (C=O) groups is 2. The zero-order chi connectivity index (χ0) is 18.2. The van der Waals surface area contributed by atoms with Crippen LogP contribution < -0.4 is 5.32 Å². The first-order valence-corrected chi connectivity index (χ1v) is 9.00. The number of nitrogens with one attached hydrogen (secondary N) is 1. The summed E-state index contributed by atoms with van der Waals surface area (Å²) in [6.07, 6.45) is 1.98. The molecule has 0 aromatic heterocycles. The van der Waals surface area contributed by atoms with Gasteiger partial charge in [0.05, 0.1) is 0 Å². The Morgan fingerprint density at radius 2 is 1.68 bits per heavy atom. The molecular weight excluding hydrogens is 321 g/mol. The van der Waals surface area contributed by atoms with Crippen LogP contribution in [-0.2, 0) is 11.2 Å². The molecule has 0 atom stereocenters. The Morgan fingerprint density at radius 3 is 2.28 bits per heavy atom. The number of carbonyl (C=O) groups excluding carboxylic acids is 2. The average Bonchev–Trinajstić information content (AvgIpc) is 2.60. The van der Waals surface area contributed by atoms with Crippen molar-refractivity contribution in [1.29, 1.82) is 0 Å². The Bertz CT molecular complexity index is 567. The van der Waals surface area contributed by atoms with Crippen LogP contribution in [0.5, 0.6) is 0 Å². The zero-order valence-corrected chi connectivity index (χ0v) is 15.1. The molecule has 1 aromatic carbocycles. The van der Waals surface area contributed by atoms with Gasteiger partial charge in [0.1, 0.15) is 5.82 Å². The number of benzene rings is 1. The topological polar surface area (TPSA) is 52.7 Å². The van der Waals surface area contributed by atoms with E-state index in [1.165, 1.54) is 12.1 Å². The van der Waals surface area contributed by atoms with Crippen molar-refractivity contribution in [2.24, 2.45) is 5.92 Å². The molecule has 0 radical (unpaired) electrons. The maximum Gasteiger partial charge on any atom is 0.317 e. The van der Waals surface area contributed by atoms with Crippen molar-refractivity contribution in [2.75, 3.05) is 32.7 Å². The Balaban J connectivity index is 1.69. The molecule has 6 heteroatoms. The number of hydrogen-bond donors (Lipinski definition) is 1. The van der Waals surface area contributed by atoms with E-state index in [4.69, 9.17) is 0 Å². The summed E-state index contributed by atoms with van der Waals surface area (Å²) in [5.74, 6) is 0.387. The predicted molar refractivity (Wildman–Crippen MR) is 95.7 cm³/mol. The predicted octanol–water partition coefficient (Wildman–Crippen LogP) is 2.66. The van der Waals surface area contributed by atoms with Gasteiger partial charge in [-0.1, -0.05) is 26.0 Å². The number of aryl methyl sites for hydroxylation is 1. The molecule has 0 unspecified atom stereocenters. The van der Waals surface area contributed by atoms with Gasteiger partial charge >= 0.3 is 6.03 Å². The molecule has 2 rings (SSSR count). The summed E-state index contributed by atoms with van der Waals surface area (Å²) in [6.45, 7) is 7.21. The van der Waals surface area contributed by atoms with Crippen molar-refractivity contribution in [2.45, 2.75) is 33.1 Å². The molecule has 1 heterocycles. The molecule has 1 fully saturated rings. The van der Waals surface area contributed by atoms with Crippen molar-refractivity contribution in [3.05, 3.63) is 35.6 Å². The lowest BCUT2D eigenvalue weighted by atomic mass is 10.1. The summed E-state index contributed by atoms with van der Waals surface area (Å²) >= 11 is 0. The van der Waals surface area contributed by atoms with Crippen molar-refractivity contribution in [3.8, 4) is 0 Å². The van der Waals surface area contributed by atoms with E-state index in [0.29, 0.717) is 51.5 Å². The van der Waals surface area contributed by atoms with E-state index in [1.807, 2.05) is 0 Å². The molecule has 1 saturated heterocycles. The second-order valence-corrected chi connectivity index (χ2v) is 6.91. The van der Waals surface area contributed by atoms with Gasteiger partial charge in [-0.05, 0) is 36.5 Å². The van der Waals surface area contributed by atoms with Crippen LogP contribution in [-0.4, -0.2) is 54.5 Å². The van der Waals surface area contributed by atoms with Crippen LogP contribution >= 0.6 is 0 Å². The number of piperazine rings is 1. The summed E-state index contributed by atoms with van der Waals surface area (Å²) in [7, 11) is 0. The van der Waals surface area contributed by atoms with Crippen LogP contribution in [0.3, 0.4) is 0 Å². The van der Waals surface area contributed by atoms with Crippen LogP contribution in [0.15, 0.2) is 24.3 Å². The minimum atomic E-state index is -0.266. The minimum absolute atomic E-state index is 0.0425. The van der Waals surface area contributed by atoms with Gasteiger partial charge in [-0.25, -0.2) is 9.18 Å². The fourth-order valence-electron chi connectivity index (χ4n) is 2.80. The molecule has 0 aliphatic carbocycles. The molecule has 3 amide bonds. The second-order valence-electron chi connectivity index (χ2n) is 6.91. The number of nitrogens with zero attached hydrogens (tertiary/aromatic N) is 2. The third kappa shape index (κ3) is 6.36. The number of urea groups is 1. The normalized spacial score (nSPS) is 14.7. The number of rotatable bonds is 6. The maximum absolute atomic E-state index is 12.9. The number of hydrogen-bond acceptors (Lipinski definition) is 2.